The average Bonchev–Trinajstić information content (AvgIpc) is 3.06. The van der Waals surface area contributed by atoms with Crippen LogP contribution in [0.5, 0.6) is 0 Å². The van der Waals surface area contributed by atoms with Gasteiger partial charge in [0.15, 0.2) is 0 Å². The Labute approximate surface area is 112 Å². The summed E-state index contributed by atoms with van der Waals surface area (Å²) in [6, 6.07) is 8.21. The zero-order valence-electron chi connectivity index (χ0n) is 9.89. The number of hydrogen-bond donors (Lipinski definition) is 2. The van der Waals surface area contributed by atoms with Crippen molar-refractivity contribution in [3.8, 4) is 0 Å². The number of rotatable bonds is 3. The molecule has 0 saturated heterocycles. The highest BCUT2D eigenvalue weighted by molar-refractivity contribution is 7.17. The fourth-order valence-electron chi connectivity index (χ4n) is 1.86. The molecular formula is C12H11N5OS. The lowest BCUT2D eigenvalue weighted by atomic mass is 10.2. The highest BCUT2D eigenvalue weighted by Gasteiger charge is 2.08. The maximum atomic E-state index is 8.57. The van der Waals surface area contributed by atoms with Crippen LogP contribution < -0.4 is 5.73 Å². The Morgan fingerprint density at radius 2 is 2.26 bits per heavy atom. The van der Waals surface area contributed by atoms with Crippen molar-refractivity contribution in [2.24, 2.45) is 10.9 Å². The summed E-state index contributed by atoms with van der Waals surface area (Å²) in [7, 11) is 0. The molecule has 6 nitrogen and oxygen atoms in total. The van der Waals surface area contributed by atoms with Gasteiger partial charge in [0, 0.05) is 4.70 Å². The van der Waals surface area contributed by atoms with Crippen molar-refractivity contribution in [1.82, 2.24) is 14.8 Å². The molecule has 3 rings (SSSR count). The third-order valence-electron chi connectivity index (χ3n) is 2.77. The predicted molar refractivity (Wildman–Crippen MR) is 73.5 cm³/mol. The molecule has 0 atom stereocenters. The fraction of sp³-hybridized carbons (Fsp3) is 0.0833. The zero-order chi connectivity index (χ0) is 13.2. The standard InChI is InChI=1S/C12H11N5OS/c13-11(16-18)12-14-7-17(15-12)5-8-6-19-10-4-2-1-3-9(8)10/h1-4,6-7,18H,5H2,(H2,13,16). The van der Waals surface area contributed by atoms with Crippen LogP contribution in [0.4, 0.5) is 0 Å². The van der Waals surface area contributed by atoms with E-state index in [0.717, 1.165) is 0 Å². The molecule has 0 unspecified atom stereocenters. The van der Waals surface area contributed by atoms with Crippen molar-refractivity contribution in [2.75, 3.05) is 0 Å². The first-order valence-corrected chi connectivity index (χ1v) is 6.48. The Balaban J connectivity index is 1.91. The number of nitrogens with zero attached hydrogens (tertiary/aromatic N) is 4. The molecule has 0 aliphatic rings. The van der Waals surface area contributed by atoms with Crippen molar-refractivity contribution in [2.45, 2.75) is 6.54 Å². The first kappa shape index (κ1) is 11.7. The summed E-state index contributed by atoms with van der Waals surface area (Å²) in [4.78, 5) is 3.99. The summed E-state index contributed by atoms with van der Waals surface area (Å²) >= 11 is 1.70. The summed E-state index contributed by atoms with van der Waals surface area (Å²) in [6.07, 6.45) is 1.57. The van der Waals surface area contributed by atoms with E-state index in [0.29, 0.717) is 6.54 Å². The lowest BCUT2D eigenvalue weighted by Crippen LogP contribution is -2.15. The van der Waals surface area contributed by atoms with Crippen LogP contribution in [0.25, 0.3) is 10.1 Å². The molecule has 0 spiro atoms. The quantitative estimate of drug-likeness (QED) is 0.328. The highest BCUT2D eigenvalue weighted by atomic mass is 32.1. The minimum Gasteiger partial charge on any atom is -0.409 e. The minimum absolute atomic E-state index is 0.0890. The van der Waals surface area contributed by atoms with E-state index in [4.69, 9.17) is 10.9 Å². The largest absolute Gasteiger partial charge is 0.409 e. The Morgan fingerprint density at radius 1 is 1.42 bits per heavy atom. The van der Waals surface area contributed by atoms with Gasteiger partial charge in [0.05, 0.1) is 6.54 Å². The second-order valence-corrected chi connectivity index (χ2v) is 4.92. The second kappa shape index (κ2) is 4.69. The molecule has 7 heteroatoms. The summed E-state index contributed by atoms with van der Waals surface area (Å²) in [6.45, 7) is 0.607. The first-order chi connectivity index (χ1) is 9.28. The molecule has 0 aliphatic heterocycles. The van der Waals surface area contributed by atoms with Gasteiger partial charge in [-0.2, -0.15) is 0 Å². The predicted octanol–water partition coefficient (Wildman–Crippen LogP) is 1.64. The number of benzene rings is 1. The van der Waals surface area contributed by atoms with Gasteiger partial charge in [0.2, 0.25) is 11.7 Å². The van der Waals surface area contributed by atoms with Crippen molar-refractivity contribution >= 4 is 27.3 Å². The second-order valence-electron chi connectivity index (χ2n) is 4.01. The van der Waals surface area contributed by atoms with Gasteiger partial charge in [-0.3, -0.25) is 0 Å². The van der Waals surface area contributed by atoms with Gasteiger partial charge in [-0.1, -0.05) is 23.4 Å². The SMILES string of the molecule is NC(=NO)c1ncn(Cc2csc3ccccc23)n1. The summed E-state index contributed by atoms with van der Waals surface area (Å²) < 4.78 is 2.91. The van der Waals surface area contributed by atoms with Crippen LogP contribution >= 0.6 is 11.3 Å². The monoisotopic (exact) mass is 273 g/mol. The van der Waals surface area contributed by atoms with E-state index in [1.807, 2.05) is 12.1 Å². The third kappa shape index (κ3) is 2.15. The molecule has 0 aliphatic carbocycles. The van der Waals surface area contributed by atoms with Crippen molar-refractivity contribution in [3.05, 3.63) is 47.4 Å². The molecule has 2 heterocycles. The van der Waals surface area contributed by atoms with Crippen LogP contribution in [0.2, 0.25) is 0 Å². The van der Waals surface area contributed by atoms with Crippen molar-refractivity contribution in [3.63, 3.8) is 0 Å². The Hall–Kier alpha value is -2.41. The maximum absolute atomic E-state index is 8.57. The Morgan fingerprint density at radius 3 is 3.11 bits per heavy atom. The van der Waals surface area contributed by atoms with E-state index < -0.39 is 0 Å². The van der Waals surface area contributed by atoms with Crippen LogP contribution in [-0.2, 0) is 6.54 Å². The minimum atomic E-state index is -0.0890. The van der Waals surface area contributed by atoms with Crippen LogP contribution in [0.1, 0.15) is 11.4 Å². The van der Waals surface area contributed by atoms with Gasteiger partial charge < -0.3 is 10.9 Å². The number of thiophene rings is 1. The molecule has 0 radical (unpaired) electrons. The molecule has 0 bridgehead atoms. The zero-order valence-corrected chi connectivity index (χ0v) is 10.7. The van der Waals surface area contributed by atoms with Crippen molar-refractivity contribution in [1.29, 1.82) is 0 Å². The summed E-state index contributed by atoms with van der Waals surface area (Å²) in [5, 5.41) is 18.9. The smallest absolute Gasteiger partial charge is 0.219 e. The van der Waals surface area contributed by atoms with Crippen molar-refractivity contribution < 1.29 is 5.21 Å². The van der Waals surface area contributed by atoms with E-state index in [1.54, 1.807) is 22.3 Å². The first-order valence-electron chi connectivity index (χ1n) is 5.60. The molecule has 1 aromatic carbocycles. The molecule has 0 saturated carbocycles. The van der Waals surface area contributed by atoms with Gasteiger partial charge in [-0.25, -0.2) is 9.67 Å². The van der Waals surface area contributed by atoms with Crippen LogP contribution in [0.3, 0.4) is 0 Å². The molecule has 0 fully saturated rings. The van der Waals surface area contributed by atoms with E-state index >= 15 is 0 Å². The van der Waals surface area contributed by atoms with Gasteiger partial charge in [-0.15, -0.1) is 16.4 Å². The van der Waals surface area contributed by atoms with E-state index in [-0.39, 0.29) is 11.7 Å². The Kier molecular flexibility index (Phi) is 2.88. The molecule has 3 N–H and O–H groups in total. The lowest BCUT2D eigenvalue weighted by Gasteiger charge is -1.99. The molecule has 2 aromatic heterocycles. The van der Waals surface area contributed by atoms with Gasteiger partial charge in [0.25, 0.3) is 0 Å². The Bertz CT molecular complexity index is 745. The molecule has 96 valence electrons. The maximum Gasteiger partial charge on any atom is 0.219 e. The number of hydrogen-bond acceptors (Lipinski definition) is 5. The van der Waals surface area contributed by atoms with E-state index in [2.05, 4.69) is 32.8 Å². The lowest BCUT2D eigenvalue weighted by molar-refractivity contribution is 0.318. The molecule has 0 amide bonds. The van der Waals surface area contributed by atoms with Gasteiger partial charge >= 0.3 is 0 Å². The number of aromatic nitrogens is 3. The number of oxime groups is 1. The molecule has 19 heavy (non-hydrogen) atoms. The average molecular weight is 273 g/mol. The van der Waals surface area contributed by atoms with Crippen LogP contribution in [0.15, 0.2) is 41.1 Å². The summed E-state index contributed by atoms with van der Waals surface area (Å²) in [5.74, 6) is 0.135. The van der Waals surface area contributed by atoms with Crippen LogP contribution in [-0.4, -0.2) is 25.8 Å². The number of amidine groups is 1. The van der Waals surface area contributed by atoms with E-state index in [1.165, 1.54) is 15.6 Å². The highest BCUT2D eigenvalue weighted by Crippen LogP contribution is 2.25. The normalized spacial score (nSPS) is 12.1. The number of nitrogens with two attached hydrogens (primary N) is 1. The fourth-order valence-corrected chi connectivity index (χ4v) is 2.82. The third-order valence-corrected chi connectivity index (χ3v) is 3.78. The van der Waals surface area contributed by atoms with Gasteiger partial charge in [0.1, 0.15) is 6.33 Å². The van der Waals surface area contributed by atoms with E-state index in [9.17, 15) is 0 Å². The number of fused-ring (bicyclic) bond motifs is 1. The molecule has 3 aromatic rings. The summed E-state index contributed by atoms with van der Waals surface area (Å²) in [5.41, 5.74) is 6.61. The molecular weight excluding hydrogens is 262 g/mol. The van der Waals surface area contributed by atoms with Gasteiger partial charge in [-0.05, 0) is 22.4 Å². The topological polar surface area (TPSA) is 89.3 Å². The van der Waals surface area contributed by atoms with Crippen LogP contribution in [0, 0.1) is 0 Å².